The van der Waals surface area contributed by atoms with Crippen LogP contribution in [0.5, 0.6) is 0 Å². The average Bonchev–Trinajstić information content (AvgIpc) is 3.09. The van der Waals surface area contributed by atoms with Gasteiger partial charge in [0.1, 0.15) is 16.6 Å². The van der Waals surface area contributed by atoms with Crippen LogP contribution >= 0.6 is 0 Å². The lowest BCUT2D eigenvalue weighted by molar-refractivity contribution is -0.158. The van der Waals surface area contributed by atoms with Gasteiger partial charge in [-0.25, -0.2) is 0 Å². The Morgan fingerprint density at radius 2 is 1.79 bits per heavy atom. The van der Waals surface area contributed by atoms with Gasteiger partial charge in [0.25, 0.3) is 0 Å². The van der Waals surface area contributed by atoms with Gasteiger partial charge in [0.2, 0.25) is 0 Å². The molecule has 6 unspecified atom stereocenters. The van der Waals surface area contributed by atoms with E-state index in [0.29, 0.717) is 19.3 Å². The van der Waals surface area contributed by atoms with Crippen LogP contribution in [0.2, 0.25) is 0 Å². The summed E-state index contributed by atoms with van der Waals surface area (Å²) in [4.78, 5) is 13.8. The number of carbonyl (C=O) groups is 1. The lowest BCUT2D eigenvalue weighted by atomic mass is 9.45. The fourth-order valence-electron chi connectivity index (χ4n) is 9.26. The third-order valence-electron chi connectivity index (χ3n) is 11.3. The van der Waals surface area contributed by atoms with E-state index in [9.17, 15) is 15.0 Å². The summed E-state index contributed by atoms with van der Waals surface area (Å²) in [7, 11) is 0. The van der Waals surface area contributed by atoms with E-state index in [1.807, 2.05) is 6.92 Å². The van der Waals surface area contributed by atoms with Crippen LogP contribution in [0.15, 0.2) is 34.4 Å². The second-order valence-electron chi connectivity index (χ2n) is 13.4. The SMILES string of the molecule is CC(C)=CCCC1(C)OC(=O)C23CCC4=C(CC=C5C4(C)CCC(O)C5(C)C)C2(C)CCC13O. The molecule has 4 aliphatic carbocycles. The van der Waals surface area contributed by atoms with Crippen LogP contribution in [0.4, 0.5) is 0 Å². The zero-order chi connectivity index (χ0) is 24.9. The molecule has 1 aliphatic heterocycles. The molecule has 2 N–H and O–H groups in total. The number of hydrogen-bond acceptors (Lipinski definition) is 4. The van der Waals surface area contributed by atoms with Crippen molar-refractivity contribution < 1.29 is 19.7 Å². The normalized spacial score (nSPS) is 46.7. The molecule has 4 heteroatoms. The number of aliphatic hydroxyl groups is 2. The summed E-state index contributed by atoms with van der Waals surface area (Å²) in [5.74, 6) is -0.180. The summed E-state index contributed by atoms with van der Waals surface area (Å²) in [6, 6.07) is 0. The highest BCUT2D eigenvalue weighted by molar-refractivity contribution is 5.86. The fraction of sp³-hybridized carbons (Fsp3) is 0.767. The number of cyclic esters (lactones) is 1. The van der Waals surface area contributed by atoms with Crippen LogP contribution in [-0.4, -0.2) is 33.5 Å². The molecule has 1 spiro atoms. The van der Waals surface area contributed by atoms with Crippen molar-refractivity contribution in [1.29, 1.82) is 0 Å². The maximum Gasteiger partial charge on any atom is 0.316 e. The molecule has 0 aromatic heterocycles. The summed E-state index contributed by atoms with van der Waals surface area (Å²) >= 11 is 0. The monoisotopic (exact) mass is 468 g/mol. The molecular formula is C30H44O4. The Balaban J connectivity index is 1.58. The standard InChI is InChI=1S/C30H44O4/c1-19(2)9-8-14-28(7)30(33)18-17-27(6)21-10-11-22-25(3,4)23(31)13-15-26(22,5)20(21)12-16-29(27,30)24(32)34-28/h9,11,23,31,33H,8,10,12-18H2,1-7H3. The molecule has 0 aromatic carbocycles. The molecule has 188 valence electrons. The Hall–Kier alpha value is -1.39. The van der Waals surface area contributed by atoms with Crippen molar-refractivity contribution >= 4 is 5.97 Å². The zero-order valence-corrected chi connectivity index (χ0v) is 22.3. The second-order valence-corrected chi connectivity index (χ2v) is 13.4. The molecule has 0 radical (unpaired) electrons. The molecule has 34 heavy (non-hydrogen) atoms. The summed E-state index contributed by atoms with van der Waals surface area (Å²) < 4.78 is 6.20. The van der Waals surface area contributed by atoms with Crippen LogP contribution in [0.25, 0.3) is 0 Å². The van der Waals surface area contributed by atoms with Crippen molar-refractivity contribution in [3.05, 3.63) is 34.4 Å². The molecule has 1 heterocycles. The van der Waals surface area contributed by atoms with Gasteiger partial charge in [0.15, 0.2) is 0 Å². The Labute approximate surface area is 205 Å². The Morgan fingerprint density at radius 3 is 2.47 bits per heavy atom. The first-order chi connectivity index (χ1) is 15.7. The maximum atomic E-state index is 13.8. The zero-order valence-electron chi connectivity index (χ0n) is 22.3. The van der Waals surface area contributed by atoms with E-state index in [1.54, 1.807) is 0 Å². The highest BCUT2D eigenvalue weighted by Crippen LogP contribution is 2.76. The lowest BCUT2D eigenvalue weighted by Gasteiger charge is -2.58. The van der Waals surface area contributed by atoms with Gasteiger partial charge in [-0.05, 0) is 78.6 Å². The summed E-state index contributed by atoms with van der Waals surface area (Å²) in [5.41, 5.74) is 1.88. The van der Waals surface area contributed by atoms with E-state index in [0.717, 1.165) is 38.5 Å². The predicted octanol–water partition coefficient (Wildman–Crippen LogP) is 6.17. The minimum atomic E-state index is -1.15. The van der Waals surface area contributed by atoms with Gasteiger partial charge in [-0.3, -0.25) is 4.79 Å². The number of ether oxygens (including phenoxy) is 1. The average molecular weight is 469 g/mol. The highest BCUT2D eigenvalue weighted by Gasteiger charge is 2.82. The minimum Gasteiger partial charge on any atom is -0.456 e. The molecule has 0 aromatic rings. The van der Waals surface area contributed by atoms with Crippen LogP contribution in [-0.2, 0) is 9.53 Å². The molecule has 5 aliphatic rings. The Bertz CT molecular complexity index is 1030. The number of allylic oxidation sites excluding steroid dienone is 5. The van der Waals surface area contributed by atoms with Gasteiger partial charge in [-0.2, -0.15) is 0 Å². The quantitative estimate of drug-likeness (QED) is 0.384. The lowest BCUT2D eigenvalue weighted by Crippen LogP contribution is -2.60. The Morgan fingerprint density at radius 1 is 1.09 bits per heavy atom. The van der Waals surface area contributed by atoms with Gasteiger partial charge in [0.05, 0.1) is 6.10 Å². The van der Waals surface area contributed by atoms with Crippen LogP contribution < -0.4 is 0 Å². The smallest absolute Gasteiger partial charge is 0.316 e. The fourth-order valence-corrected chi connectivity index (χ4v) is 9.26. The molecule has 4 nitrogen and oxygen atoms in total. The van der Waals surface area contributed by atoms with E-state index in [-0.39, 0.29) is 22.9 Å². The third kappa shape index (κ3) is 2.60. The van der Waals surface area contributed by atoms with Crippen molar-refractivity contribution in [2.45, 2.75) is 124 Å². The highest BCUT2D eigenvalue weighted by atomic mass is 16.6. The van der Waals surface area contributed by atoms with Gasteiger partial charge >= 0.3 is 5.97 Å². The van der Waals surface area contributed by atoms with Crippen molar-refractivity contribution in [3.8, 4) is 0 Å². The molecule has 1 saturated heterocycles. The third-order valence-corrected chi connectivity index (χ3v) is 11.3. The first-order valence-electron chi connectivity index (χ1n) is 13.4. The molecule has 6 atom stereocenters. The summed E-state index contributed by atoms with van der Waals surface area (Å²) in [6.45, 7) is 15.1. The number of aliphatic hydroxyl groups excluding tert-OH is 1. The van der Waals surface area contributed by atoms with Crippen LogP contribution in [0.1, 0.15) is 106 Å². The number of esters is 1. The molecule has 0 bridgehead atoms. The molecular weight excluding hydrogens is 424 g/mol. The topological polar surface area (TPSA) is 66.8 Å². The van der Waals surface area contributed by atoms with Crippen LogP contribution in [0.3, 0.4) is 0 Å². The molecule has 5 rings (SSSR count). The van der Waals surface area contributed by atoms with E-state index < -0.39 is 22.0 Å². The summed E-state index contributed by atoms with van der Waals surface area (Å²) in [6.07, 6.45) is 11.1. The maximum absolute atomic E-state index is 13.8. The first-order valence-corrected chi connectivity index (χ1v) is 13.4. The van der Waals surface area contributed by atoms with Crippen LogP contribution in [0, 0.1) is 21.7 Å². The van der Waals surface area contributed by atoms with Crippen molar-refractivity contribution in [1.82, 2.24) is 0 Å². The van der Waals surface area contributed by atoms with Crippen molar-refractivity contribution in [2.24, 2.45) is 21.7 Å². The Kier molecular flexibility index (Phi) is 5.07. The predicted molar refractivity (Wildman–Crippen MR) is 134 cm³/mol. The number of rotatable bonds is 3. The van der Waals surface area contributed by atoms with E-state index in [4.69, 9.17) is 4.74 Å². The second kappa shape index (κ2) is 7.09. The first kappa shape index (κ1) is 24.3. The van der Waals surface area contributed by atoms with Crippen molar-refractivity contribution in [3.63, 3.8) is 0 Å². The molecule has 2 saturated carbocycles. The number of carbonyl (C=O) groups excluding carboxylic acids is 1. The van der Waals surface area contributed by atoms with E-state index in [1.165, 1.54) is 22.3 Å². The van der Waals surface area contributed by atoms with Crippen molar-refractivity contribution in [2.75, 3.05) is 0 Å². The number of fused-ring (bicyclic) bond motifs is 3. The largest absolute Gasteiger partial charge is 0.456 e. The summed E-state index contributed by atoms with van der Waals surface area (Å²) in [5, 5.41) is 23.2. The van der Waals surface area contributed by atoms with Gasteiger partial charge in [0, 0.05) is 16.2 Å². The van der Waals surface area contributed by atoms with Gasteiger partial charge in [-0.15, -0.1) is 0 Å². The van der Waals surface area contributed by atoms with E-state index >= 15 is 0 Å². The number of hydrogen-bond donors (Lipinski definition) is 2. The van der Waals surface area contributed by atoms with Gasteiger partial charge < -0.3 is 14.9 Å². The molecule has 0 amide bonds. The van der Waals surface area contributed by atoms with E-state index in [2.05, 4.69) is 53.7 Å². The van der Waals surface area contributed by atoms with Gasteiger partial charge in [-0.1, -0.05) is 62.1 Å². The minimum absolute atomic E-state index is 0.0725. The molecule has 3 fully saturated rings.